The van der Waals surface area contributed by atoms with Gasteiger partial charge in [-0.2, -0.15) is 0 Å². The van der Waals surface area contributed by atoms with E-state index in [1.165, 1.54) is 0 Å². The van der Waals surface area contributed by atoms with E-state index >= 15 is 0 Å². The molecule has 0 saturated carbocycles. The van der Waals surface area contributed by atoms with Gasteiger partial charge in [0.1, 0.15) is 10.8 Å². The van der Waals surface area contributed by atoms with Gasteiger partial charge in [-0.25, -0.2) is 0 Å². The third kappa shape index (κ3) is 2.56. The van der Waals surface area contributed by atoms with Gasteiger partial charge in [0.2, 0.25) is 0 Å². The third-order valence-electron chi connectivity index (χ3n) is 2.79. The van der Waals surface area contributed by atoms with Crippen LogP contribution in [0.4, 0.5) is 0 Å². The highest BCUT2D eigenvalue weighted by atomic mass is 79.9. The maximum atomic E-state index is 10.2. The standard InChI is InChI=1S/C9H10Br6O2/c1-2-7(16,17)6(11)4-3-5(10)8(12,13)9(6,14)15/h3-5,16-17H,2H2,1H3. The minimum absolute atomic E-state index is 0.0490. The van der Waals surface area contributed by atoms with Crippen molar-refractivity contribution in [3.63, 3.8) is 0 Å². The monoisotopic (exact) mass is 624 g/mol. The highest BCUT2D eigenvalue weighted by Crippen LogP contribution is 2.65. The Labute approximate surface area is 151 Å². The van der Waals surface area contributed by atoms with Crippen LogP contribution in [0.15, 0.2) is 12.2 Å². The van der Waals surface area contributed by atoms with E-state index in [0.29, 0.717) is 0 Å². The predicted molar refractivity (Wildman–Crippen MR) is 92.1 cm³/mol. The fourth-order valence-corrected chi connectivity index (χ4v) is 6.21. The van der Waals surface area contributed by atoms with Crippen LogP contribution in [0.5, 0.6) is 0 Å². The van der Waals surface area contributed by atoms with Crippen LogP contribution in [-0.2, 0) is 0 Å². The average Bonchev–Trinajstić information content (AvgIpc) is 2.22. The Hall–Kier alpha value is 2.54. The first kappa shape index (κ1) is 17.6. The van der Waals surface area contributed by atoms with E-state index in [2.05, 4.69) is 95.6 Å². The molecule has 8 heteroatoms. The summed E-state index contributed by atoms with van der Waals surface area (Å²) in [5.41, 5.74) is 0. The first-order chi connectivity index (χ1) is 7.44. The summed E-state index contributed by atoms with van der Waals surface area (Å²) in [5, 5.41) is 20.4. The molecular formula is C9H10Br6O2. The van der Waals surface area contributed by atoms with Gasteiger partial charge in [-0.3, -0.25) is 0 Å². The number of rotatable bonds is 2. The normalized spacial score (nSPS) is 35.9. The Morgan fingerprint density at radius 1 is 1.18 bits per heavy atom. The summed E-state index contributed by atoms with van der Waals surface area (Å²) in [6.07, 6.45) is 3.74. The number of hydrogen-bond acceptors (Lipinski definition) is 2. The zero-order valence-electron chi connectivity index (χ0n) is 8.60. The molecule has 17 heavy (non-hydrogen) atoms. The van der Waals surface area contributed by atoms with Crippen molar-refractivity contribution in [2.45, 2.75) is 34.8 Å². The van der Waals surface area contributed by atoms with Gasteiger partial charge in [0.25, 0.3) is 0 Å². The van der Waals surface area contributed by atoms with Crippen LogP contribution in [0.2, 0.25) is 0 Å². The molecule has 100 valence electrons. The Morgan fingerprint density at radius 2 is 1.65 bits per heavy atom. The molecule has 0 aromatic heterocycles. The molecule has 0 bridgehead atoms. The minimum Gasteiger partial charge on any atom is -0.364 e. The van der Waals surface area contributed by atoms with E-state index in [4.69, 9.17) is 0 Å². The van der Waals surface area contributed by atoms with Crippen LogP contribution in [0.1, 0.15) is 13.3 Å². The zero-order chi connectivity index (χ0) is 13.7. The Kier molecular flexibility index (Phi) is 5.57. The molecule has 0 aromatic carbocycles. The summed E-state index contributed by atoms with van der Waals surface area (Å²) in [7, 11) is 0. The van der Waals surface area contributed by atoms with Crippen LogP contribution in [0.25, 0.3) is 0 Å². The summed E-state index contributed by atoms with van der Waals surface area (Å²) in [5.74, 6) is -1.92. The van der Waals surface area contributed by atoms with Crippen molar-refractivity contribution >= 4 is 95.6 Å². The molecule has 0 fully saturated rings. The van der Waals surface area contributed by atoms with Gasteiger partial charge in [-0.1, -0.05) is 115 Å². The molecule has 0 aromatic rings. The average molecular weight is 630 g/mol. The van der Waals surface area contributed by atoms with E-state index in [1.807, 2.05) is 6.08 Å². The van der Waals surface area contributed by atoms with Crippen molar-refractivity contribution in [2.75, 3.05) is 0 Å². The number of allylic oxidation sites excluding steroid dienone is 1. The Balaban J connectivity index is 3.41. The second-order valence-corrected chi connectivity index (χ2v) is 13.1. The summed E-state index contributed by atoms with van der Waals surface area (Å²) in [6.45, 7) is 1.71. The smallest absolute Gasteiger partial charge is 0.184 e. The van der Waals surface area contributed by atoms with Crippen LogP contribution in [0, 0.1) is 0 Å². The highest BCUT2D eigenvalue weighted by Gasteiger charge is 2.68. The van der Waals surface area contributed by atoms with Gasteiger partial charge in [0.15, 0.2) is 5.79 Å². The predicted octanol–water partition coefficient (Wildman–Crippen LogP) is 4.52. The molecule has 2 N–H and O–H groups in total. The lowest BCUT2D eigenvalue weighted by Crippen LogP contribution is -2.66. The molecule has 0 heterocycles. The van der Waals surface area contributed by atoms with E-state index in [9.17, 15) is 10.2 Å². The zero-order valence-corrected chi connectivity index (χ0v) is 18.1. The lowest BCUT2D eigenvalue weighted by atomic mass is 9.86. The molecule has 0 radical (unpaired) electrons. The Bertz CT molecular complexity index is 340. The van der Waals surface area contributed by atoms with E-state index in [-0.39, 0.29) is 11.2 Å². The topological polar surface area (TPSA) is 40.5 Å². The van der Waals surface area contributed by atoms with Crippen LogP contribution in [-0.4, -0.2) is 31.6 Å². The molecule has 0 aliphatic heterocycles. The number of halogens is 6. The van der Waals surface area contributed by atoms with Crippen molar-refractivity contribution in [1.29, 1.82) is 0 Å². The summed E-state index contributed by atoms with van der Waals surface area (Å²) in [4.78, 5) is -0.0490. The molecule has 1 rings (SSSR count). The highest BCUT2D eigenvalue weighted by molar-refractivity contribution is 9.31. The van der Waals surface area contributed by atoms with Crippen LogP contribution < -0.4 is 0 Å². The number of hydrogen-bond donors (Lipinski definition) is 2. The number of alkyl halides is 6. The molecule has 0 spiro atoms. The van der Waals surface area contributed by atoms with Gasteiger partial charge >= 0.3 is 0 Å². The lowest BCUT2D eigenvalue weighted by molar-refractivity contribution is -0.178. The third-order valence-corrected chi connectivity index (χ3v) is 14.4. The molecule has 1 aliphatic rings. The van der Waals surface area contributed by atoms with Gasteiger partial charge in [-0.05, 0) is 0 Å². The van der Waals surface area contributed by atoms with Crippen molar-refractivity contribution in [3.8, 4) is 0 Å². The summed E-state index contributed by atoms with van der Waals surface area (Å²) >= 11 is 21.1. The van der Waals surface area contributed by atoms with E-state index < -0.39 is 16.6 Å². The molecule has 2 atom stereocenters. The maximum Gasteiger partial charge on any atom is 0.184 e. The largest absolute Gasteiger partial charge is 0.364 e. The van der Waals surface area contributed by atoms with E-state index in [0.717, 1.165) is 0 Å². The van der Waals surface area contributed by atoms with Crippen molar-refractivity contribution in [1.82, 2.24) is 0 Å². The van der Waals surface area contributed by atoms with Gasteiger partial charge in [-0.15, -0.1) is 0 Å². The van der Waals surface area contributed by atoms with Crippen LogP contribution >= 0.6 is 95.6 Å². The van der Waals surface area contributed by atoms with Crippen LogP contribution in [0.3, 0.4) is 0 Å². The fourth-order valence-electron chi connectivity index (χ4n) is 1.50. The van der Waals surface area contributed by atoms with E-state index in [1.54, 1.807) is 13.0 Å². The van der Waals surface area contributed by atoms with Gasteiger partial charge < -0.3 is 10.2 Å². The summed E-state index contributed by atoms with van der Waals surface area (Å²) < 4.78 is -2.64. The quantitative estimate of drug-likeness (QED) is 0.268. The first-order valence-electron chi connectivity index (χ1n) is 4.67. The molecule has 2 unspecified atom stereocenters. The second-order valence-electron chi connectivity index (χ2n) is 3.84. The van der Waals surface area contributed by atoms with Crippen molar-refractivity contribution < 1.29 is 10.2 Å². The molecule has 1 aliphatic carbocycles. The lowest BCUT2D eigenvalue weighted by Gasteiger charge is -2.53. The number of aliphatic hydroxyl groups is 2. The fraction of sp³-hybridized carbons (Fsp3) is 0.778. The molecule has 0 amide bonds. The minimum atomic E-state index is -1.92. The molecule has 0 saturated heterocycles. The van der Waals surface area contributed by atoms with Gasteiger partial charge in [0, 0.05) is 6.42 Å². The molecule has 2 nitrogen and oxygen atoms in total. The second kappa shape index (κ2) is 5.39. The SMILES string of the molecule is CCC(O)(O)C1(Br)C=CC(Br)C(Br)(Br)C1(Br)Br. The first-order valence-corrected chi connectivity index (χ1v) is 9.55. The summed E-state index contributed by atoms with van der Waals surface area (Å²) in [6, 6.07) is 0. The van der Waals surface area contributed by atoms with Gasteiger partial charge in [0.05, 0.1) is 4.83 Å². The Morgan fingerprint density at radius 3 is 2.06 bits per heavy atom. The van der Waals surface area contributed by atoms with Crippen molar-refractivity contribution in [2.24, 2.45) is 0 Å². The van der Waals surface area contributed by atoms with Crippen molar-refractivity contribution in [3.05, 3.63) is 12.2 Å². The molecular weight excluding hydrogens is 620 g/mol. The maximum absolute atomic E-state index is 10.2.